The highest BCUT2D eigenvalue weighted by Crippen LogP contribution is 2.36. The molecule has 2 rings (SSSR count). The lowest BCUT2D eigenvalue weighted by Gasteiger charge is -2.12. The van der Waals surface area contributed by atoms with Crippen molar-refractivity contribution in [1.82, 2.24) is 0 Å². The van der Waals surface area contributed by atoms with Gasteiger partial charge in [0.05, 0.1) is 24.8 Å². The topological polar surface area (TPSA) is 73.9 Å². The molecule has 0 atom stereocenters. The number of halogens is 2. The van der Waals surface area contributed by atoms with Gasteiger partial charge in [-0.1, -0.05) is 23.2 Å². The molecule has 0 fully saturated rings. The third-order valence-corrected chi connectivity index (χ3v) is 3.98. The van der Waals surface area contributed by atoms with E-state index < -0.39 is 18.5 Å². The highest BCUT2D eigenvalue weighted by molar-refractivity contribution is 6.32. The lowest BCUT2D eigenvalue weighted by atomic mass is 10.2. The predicted octanol–water partition coefficient (Wildman–Crippen LogP) is 4.11. The number of carbonyl (C=O) groups excluding carboxylic acids is 2. The van der Waals surface area contributed by atoms with Crippen LogP contribution in [0.5, 0.6) is 11.5 Å². The molecule has 2 aromatic rings. The van der Waals surface area contributed by atoms with E-state index in [1.54, 1.807) is 25.1 Å². The quantitative estimate of drug-likeness (QED) is 0.742. The summed E-state index contributed by atoms with van der Waals surface area (Å²) in [6.07, 6.45) is 0. The van der Waals surface area contributed by atoms with E-state index in [2.05, 4.69) is 5.32 Å². The molecule has 2 aromatic carbocycles. The van der Waals surface area contributed by atoms with Crippen molar-refractivity contribution in [1.29, 1.82) is 0 Å². The first-order valence-electron chi connectivity index (χ1n) is 7.50. The van der Waals surface area contributed by atoms with Crippen molar-refractivity contribution in [2.45, 2.75) is 6.92 Å². The first-order chi connectivity index (χ1) is 12.3. The normalized spacial score (nSPS) is 10.2. The molecule has 0 bridgehead atoms. The van der Waals surface area contributed by atoms with Crippen LogP contribution in [-0.4, -0.2) is 32.7 Å². The van der Waals surface area contributed by atoms with Crippen molar-refractivity contribution in [3.63, 3.8) is 0 Å². The summed E-state index contributed by atoms with van der Waals surface area (Å²) >= 11 is 11.9. The van der Waals surface area contributed by atoms with E-state index >= 15 is 0 Å². The number of rotatable bonds is 6. The zero-order chi connectivity index (χ0) is 19.3. The molecule has 1 N–H and O–H groups in total. The van der Waals surface area contributed by atoms with Gasteiger partial charge in [0.1, 0.15) is 0 Å². The SMILES string of the molecule is COc1cc(C(=O)OCC(=O)Nc2ccc(Cl)cc2C)cc(Cl)c1OC. The second-order valence-corrected chi connectivity index (χ2v) is 6.12. The van der Waals surface area contributed by atoms with Crippen molar-refractivity contribution in [3.05, 3.63) is 51.5 Å². The van der Waals surface area contributed by atoms with Gasteiger partial charge in [-0.2, -0.15) is 0 Å². The Morgan fingerprint density at radius 3 is 2.42 bits per heavy atom. The third kappa shape index (κ3) is 4.80. The maximum absolute atomic E-state index is 12.2. The minimum Gasteiger partial charge on any atom is -0.493 e. The van der Waals surface area contributed by atoms with Gasteiger partial charge in [-0.25, -0.2) is 4.79 Å². The van der Waals surface area contributed by atoms with Crippen LogP contribution in [0.15, 0.2) is 30.3 Å². The van der Waals surface area contributed by atoms with Crippen LogP contribution in [-0.2, 0) is 9.53 Å². The average molecular weight is 398 g/mol. The second-order valence-electron chi connectivity index (χ2n) is 5.28. The molecule has 0 aliphatic rings. The first-order valence-corrected chi connectivity index (χ1v) is 8.26. The van der Waals surface area contributed by atoms with Crippen molar-refractivity contribution in [2.24, 2.45) is 0 Å². The summed E-state index contributed by atoms with van der Waals surface area (Å²) in [5, 5.41) is 3.41. The van der Waals surface area contributed by atoms with E-state index in [1.807, 2.05) is 0 Å². The minimum absolute atomic E-state index is 0.142. The molecule has 0 unspecified atom stereocenters. The van der Waals surface area contributed by atoms with Crippen molar-refractivity contribution >= 4 is 40.8 Å². The van der Waals surface area contributed by atoms with Crippen molar-refractivity contribution in [3.8, 4) is 11.5 Å². The number of aryl methyl sites for hydroxylation is 1. The van der Waals surface area contributed by atoms with E-state index in [4.69, 9.17) is 37.4 Å². The molecule has 0 saturated carbocycles. The van der Waals surface area contributed by atoms with Crippen LogP contribution in [0.25, 0.3) is 0 Å². The number of methoxy groups -OCH3 is 2. The van der Waals surface area contributed by atoms with Gasteiger partial charge in [0.2, 0.25) is 0 Å². The molecule has 26 heavy (non-hydrogen) atoms. The van der Waals surface area contributed by atoms with Crippen LogP contribution >= 0.6 is 23.2 Å². The Hall–Kier alpha value is -2.44. The summed E-state index contributed by atoms with van der Waals surface area (Å²) in [5.74, 6) is -0.596. The molecule has 0 aliphatic carbocycles. The number of benzene rings is 2. The lowest BCUT2D eigenvalue weighted by molar-refractivity contribution is -0.119. The van der Waals surface area contributed by atoms with E-state index in [9.17, 15) is 9.59 Å². The molecule has 0 aliphatic heterocycles. The standard InChI is InChI=1S/C18H17Cl2NO5/c1-10-6-12(19)4-5-14(10)21-16(22)9-26-18(23)11-7-13(20)17(25-3)15(8-11)24-2/h4-8H,9H2,1-3H3,(H,21,22). The molecule has 0 spiro atoms. The monoisotopic (exact) mass is 397 g/mol. The molecular formula is C18H17Cl2NO5. The summed E-state index contributed by atoms with van der Waals surface area (Å²) in [6.45, 7) is 1.35. The number of nitrogens with one attached hydrogen (secondary N) is 1. The summed E-state index contributed by atoms with van der Waals surface area (Å²) in [5.41, 5.74) is 1.52. The van der Waals surface area contributed by atoms with Gasteiger partial charge in [-0.15, -0.1) is 0 Å². The van der Waals surface area contributed by atoms with E-state index in [0.717, 1.165) is 5.56 Å². The van der Waals surface area contributed by atoms with Crippen molar-refractivity contribution in [2.75, 3.05) is 26.1 Å². The highest BCUT2D eigenvalue weighted by Gasteiger charge is 2.17. The molecule has 138 valence electrons. The largest absolute Gasteiger partial charge is 0.493 e. The summed E-state index contributed by atoms with van der Waals surface area (Å²) in [7, 11) is 2.86. The van der Waals surface area contributed by atoms with Crippen LogP contribution in [0.2, 0.25) is 10.0 Å². The number of esters is 1. The molecule has 8 heteroatoms. The number of hydrogen-bond donors (Lipinski definition) is 1. The van der Waals surface area contributed by atoms with Crippen molar-refractivity contribution < 1.29 is 23.8 Å². The zero-order valence-electron chi connectivity index (χ0n) is 14.4. The van der Waals surface area contributed by atoms with Crippen LogP contribution in [0.1, 0.15) is 15.9 Å². The van der Waals surface area contributed by atoms with E-state index in [-0.39, 0.29) is 16.3 Å². The molecule has 1 amide bonds. The van der Waals surface area contributed by atoms with E-state index in [1.165, 1.54) is 26.4 Å². The Morgan fingerprint density at radius 2 is 1.81 bits per heavy atom. The molecule has 0 radical (unpaired) electrons. The Labute approximate surface area is 160 Å². The molecular weight excluding hydrogens is 381 g/mol. The fourth-order valence-corrected chi connectivity index (χ4v) is 2.72. The average Bonchev–Trinajstić information content (AvgIpc) is 2.61. The van der Waals surface area contributed by atoms with Gasteiger partial charge in [-0.3, -0.25) is 4.79 Å². The van der Waals surface area contributed by atoms with Gasteiger partial charge in [-0.05, 0) is 42.8 Å². The number of ether oxygens (including phenoxy) is 3. The maximum atomic E-state index is 12.2. The fourth-order valence-electron chi connectivity index (χ4n) is 2.20. The third-order valence-electron chi connectivity index (χ3n) is 3.47. The molecule has 6 nitrogen and oxygen atoms in total. The zero-order valence-corrected chi connectivity index (χ0v) is 15.9. The van der Waals surface area contributed by atoms with Crippen LogP contribution in [0.4, 0.5) is 5.69 Å². The van der Waals surface area contributed by atoms with Crippen LogP contribution < -0.4 is 14.8 Å². The summed E-state index contributed by atoms with van der Waals surface area (Å²) in [6, 6.07) is 7.85. The summed E-state index contributed by atoms with van der Waals surface area (Å²) < 4.78 is 15.3. The van der Waals surface area contributed by atoms with Gasteiger partial charge in [0.25, 0.3) is 5.91 Å². The van der Waals surface area contributed by atoms with Gasteiger partial charge in [0, 0.05) is 10.7 Å². The number of amides is 1. The molecule has 0 saturated heterocycles. The smallest absolute Gasteiger partial charge is 0.338 e. The van der Waals surface area contributed by atoms with E-state index in [0.29, 0.717) is 16.5 Å². The summed E-state index contributed by atoms with van der Waals surface area (Å²) in [4.78, 5) is 24.1. The molecule has 0 heterocycles. The number of anilines is 1. The lowest BCUT2D eigenvalue weighted by Crippen LogP contribution is -2.21. The Morgan fingerprint density at radius 1 is 1.08 bits per heavy atom. The van der Waals surface area contributed by atoms with Gasteiger partial charge < -0.3 is 19.5 Å². The fraction of sp³-hybridized carbons (Fsp3) is 0.222. The Kier molecular flexibility index (Phi) is 6.71. The van der Waals surface area contributed by atoms with Gasteiger partial charge in [0.15, 0.2) is 18.1 Å². The number of hydrogen-bond acceptors (Lipinski definition) is 5. The predicted molar refractivity (Wildman–Crippen MR) is 99.7 cm³/mol. The van der Waals surface area contributed by atoms with Gasteiger partial charge >= 0.3 is 5.97 Å². The Balaban J connectivity index is 2.02. The molecule has 0 aromatic heterocycles. The highest BCUT2D eigenvalue weighted by atomic mass is 35.5. The number of carbonyl (C=O) groups is 2. The van der Waals surface area contributed by atoms with Crippen LogP contribution in [0, 0.1) is 6.92 Å². The maximum Gasteiger partial charge on any atom is 0.338 e. The second kappa shape index (κ2) is 8.78. The first kappa shape index (κ1) is 19.9. The van der Waals surface area contributed by atoms with Crippen LogP contribution in [0.3, 0.4) is 0 Å². The minimum atomic E-state index is -0.712. The Bertz CT molecular complexity index is 839.